The summed E-state index contributed by atoms with van der Waals surface area (Å²) in [6.07, 6.45) is 6.11. The second kappa shape index (κ2) is 9.37. The van der Waals surface area contributed by atoms with Gasteiger partial charge in [-0.2, -0.15) is 0 Å². The molecule has 0 radical (unpaired) electrons. The summed E-state index contributed by atoms with van der Waals surface area (Å²) in [4.78, 5) is 10.1. The molecule has 5 heteroatoms. The van der Waals surface area contributed by atoms with Crippen molar-refractivity contribution in [1.29, 1.82) is 0 Å². The molecule has 1 N–H and O–H groups in total. The molecule has 2 aromatic rings. The Bertz CT molecular complexity index is 820. The number of hydrogen-bond acceptors (Lipinski definition) is 5. The van der Waals surface area contributed by atoms with E-state index in [-0.39, 0.29) is 6.04 Å². The average Bonchev–Trinajstić information content (AvgIpc) is 3.19. The van der Waals surface area contributed by atoms with E-state index in [0.717, 1.165) is 66.3 Å². The summed E-state index contributed by atoms with van der Waals surface area (Å²) in [5.74, 6) is 1.78. The fourth-order valence-corrected chi connectivity index (χ4v) is 3.94. The van der Waals surface area contributed by atoms with Crippen LogP contribution in [0.3, 0.4) is 0 Å². The first-order valence-electron chi connectivity index (χ1n) is 10.5. The van der Waals surface area contributed by atoms with Crippen molar-refractivity contribution in [2.45, 2.75) is 65.3 Å². The van der Waals surface area contributed by atoms with Crippen molar-refractivity contribution < 1.29 is 9.47 Å². The minimum atomic E-state index is 0.231. The fourth-order valence-electron chi connectivity index (χ4n) is 3.94. The lowest BCUT2D eigenvalue weighted by atomic mass is 10.0. The Balaban J connectivity index is 2.07. The molecule has 1 aromatic carbocycles. The first-order chi connectivity index (χ1) is 13.6. The molecular weight excluding hydrogens is 350 g/mol. The molecule has 1 heterocycles. The summed E-state index contributed by atoms with van der Waals surface area (Å²) in [6, 6.07) is 4.70. The highest BCUT2D eigenvalue weighted by Gasteiger charge is 2.21. The molecule has 0 unspecified atom stereocenters. The van der Waals surface area contributed by atoms with Gasteiger partial charge in [0.05, 0.1) is 36.8 Å². The third kappa shape index (κ3) is 4.14. The molecule has 3 rings (SSSR count). The van der Waals surface area contributed by atoms with Gasteiger partial charge in [0.15, 0.2) is 0 Å². The van der Waals surface area contributed by atoms with Crippen molar-refractivity contribution >= 4 is 5.82 Å². The summed E-state index contributed by atoms with van der Waals surface area (Å²) >= 11 is 0. The largest absolute Gasteiger partial charge is 0.496 e. The van der Waals surface area contributed by atoms with Gasteiger partial charge in [0.1, 0.15) is 11.6 Å². The first-order valence-corrected chi connectivity index (χ1v) is 10.5. The minimum absolute atomic E-state index is 0.231. The van der Waals surface area contributed by atoms with Crippen LogP contribution >= 0.6 is 0 Å². The summed E-state index contributed by atoms with van der Waals surface area (Å²) in [7, 11) is 3.48. The molecule has 152 valence electrons. The van der Waals surface area contributed by atoms with E-state index in [0.29, 0.717) is 6.61 Å². The predicted octanol–water partition coefficient (Wildman–Crippen LogP) is 4.60. The lowest BCUT2D eigenvalue weighted by Gasteiger charge is -2.21. The van der Waals surface area contributed by atoms with Crippen molar-refractivity contribution in [3.63, 3.8) is 0 Å². The third-order valence-corrected chi connectivity index (χ3v) is 5.58. The van der Waals surface area contributed by atoms with Crippen molar-refractivity contribution in [2.75, 3.05) is 26.1 Å². The van der Waals surface area contributed by atoms with E-state index in [1.165, 1.54) is 17.5 Å². The quantitative estimate of drug-likeness (QED) is 0.686. The zero-order chi connectivity index (χ0) is 20.1. The standard InChI is InChI=1S/C23H33N3O2/c1-6-17(14-27-4)24-23-20(8-3)25-22(19(7-2)26-23)18-12-15-10-9-11-16(15)13-21(18)28-5/h12-13,17H,6-11,14H2,1-5H3,(H,24,26)/t17-/m1/s1. The van der Waals surface area contributed by atoms with E-state index in [2.05, 4.69) is 38.2 Å². The van der Waals surface area contributed by atoms with Gasteiger partial charge in [0, 0.05) is 12.7 Å². The van der Waals surface area contributed by atoms with Crippen LogP contribution in [0.5, 0.6) is 5.75 Å². The average molecular weight is 384 g/mol. The second-order valence-corrected chi connectivity index (χ2v) is 7.40. The van der Waals surface area contributed by atoms with Crippen LogP contribution in [0.1, 0.15) is 56.1 Å². The number of rotatable bonds is 9. The maximum atomic E-state index is 5.74. The smallest absolute Gasteiger partial charge is 0.148 e. The molecule has 0 fully saturated rings. The molecule has 1 atom stereocenters. The van der Waals surface area contributed by atoms with E-state index >= 15 is 0 Å². The van der Waals surface area contributed by atoms with Gasteiger partial charge in [-0.1, -0.05) is 20.8 Å². The molecule has 0 aliphatic heterocycles. The number of nitrogens with zero attached hydrogens (tertiary/aromatic N) is 2. The van der Waals surface area contributed by atoms with Gasteiger partial charge in [-0.3, -0.25) is 0 Å². The van der Waals surface area contributed by atoms with Gasteiger partial charge in [-0.05, 0) is 61.8 Å². The summed E-state index contributed by atoms with van der Waals surface area (Å²) in [5.41, 5.74) is 6.85. The van der Waals surface area contributed by atoms with E-state index in [4.69, 9.17) is 19.4 Å². The molecule has 1 aliphatic rings. The van der Waals surface area contributed by atoms with E-state index < -0.39 is 0 Å². The lowest BCUT2D eigenvalue weighted by Crippen LogP contribution is -2.26. The van der Waals surface area contributed by atoms with E-state index in [9.17, 15) is 0 Å². The number of hydrogen-bond donors (Lipinski definition) is 1. The van der Waals surface area contributed by atoms with Crippen molar-refractivity contribution in [3.8, 4) is 17.0 Å². The molecule has 0 saturated carbocycles. The van der Waals surface area contributed by atoms with Gasteiger partial charge in [0.25, 0.3) is 0 Å². The zero-order valence-electron chi connectivity index (χ0n) is 17.9. The number of benzene rings is 1. The topological polar surface area (TPSA) is 56.3 Å². The molecule has 0 spiro atoms. The van der Waals surface area contributed by atoms with Crippen molar-refractivity contribution in [2.24, 2.45) is 0 Å². The summed E-state index contributed by atoms with van der Waals surface area (Å²) in [5, 5.41) is 3.54. The Kier molecular flexibility index (Phi) is 6.89. The van der Waals surface area contributed by atoms with E-state index in [1.54, 1.807) is 14.2 Å². The molecule has 1 aliphatic carbocycles. The highest BCUT2D eigenvalue weighted by Crippen LogP contribution is 2.37. The van der Waals surface area contributed by atoms with Crippen molar-refractivity contribution in [1.82, 2.24) is 9.97 Å². The lowest BCUT2D eigenvalue weighted by molar-refractivity contribution is 0.184. The number of nitrogens with one attached hydrogen (secondary N) is 1. The molecule has 5 nitrogen and oxygen atoms in total. The Morgan fingerprint density at radius 1 is 1.00 bits per heavy atom. The zero-order valence-corrected chi connectivity index (χ0v) is 17.9. The van der Waals surface area contributed by atoms with E-state index in [1.807, 2.05) is 0 Å². The number of fused-ring (bicyclic) bond motifs is 1. The maximum Gasteiger partial charge on any atom is 0.148 e. The van der Waals surface area contributed by atoms with Gasteiger partial charge in [-0.15, -0.1) is 0 Å². The molecule has 0 saturated heterocycles. The van der Waals surface area contributed by atoms with Gasteiger partial charge < -0.3 is 14.8 Å². The third-order valence-electron chi connectivity index (χ3n) is 5.58. The number of ether oxygens (including phenoxy) is 2. The van der Waals surface area contributed by atoms with Gasteiger partial charge in [-0.25, -0.2) is 9.97 Å². The highest BCUT2D eigenvalue weighted by molar-refractivity contribution is 5.72. The molecule has 1 aromatic heterocycles. The Labute approximate surface area is 168 Å². The summed E-state index contributed by atoms with van der Waals surface area (Å²) in [6.45, 7) is 7.07. The normalized spacial score (nSPS) is 14.0. The number of methoxy groups -OCH3 is 2. The maximum absolute atomic E-state index is 5.74. The van der Waals surface area contributed by atoms with Crippen LogP contribution in [0.15, 0.2) is 12.1 Å². The Morgan fingerprint density at radius 2 is 1.71 bits per heavy atom. The Morgan fingerprint density at radius 3 is 2.32 bits per heavy atom. The number of aromatic nitrogens is 2. The molecular formula is C23H33N3O2. The Hall–Kier alpha value is -2.14. The SMILES string of the molecule is CCc1nc(-c2cc3c(cc2OC)CCC3)c(CC)nc1N[C@H](CC)COC. The minimum Gasteiger partial charge on any atom is -0.496 e. The van der Waals surface area contributed by atoms with Crippen LogP contribution in [0.2, 0.25) is 0 Å². The first kappa shape index (κ1) is 20.6. The monoisotopic (exact) mass is 383 g/mol. The van der Waals surface area contributed by atoms with Crippen LogP contribution < -0.4 is 10.1 Å². The van der Waals surface area contributed by atoms with Crippen molar-refractivity contribution in [3.05, 3.63) is 34.6 Å². The van der Waals surface area contributed by atoms with Gasteiger partial charge in [0.2, 0.25) is 0 Å². The number of anilines is 1. The fraction of sp³-hybridized carbons (Fsp3) is 0.565. The highest BCUT2D eigenvalue weighted by atomic mass is 16.5. The molecule has 0 amide bonds. The molecule has 0 bridgehead atoms. The van der Waals surface area contributed by atoms with Crippen LogP contribution in [0, 0.1) is 0 Å². The second-order valence-electron chi connectivity index (χ2n) is 7.40. The summed E-state index contributed by atoms with van der Waals surface area (Å²) < 4.78 is 11.1. The molecule has 28 heavy (non-hydrogen) atoms. The van der Waals surface area contributed by atoms with Gasteiger partial charge >= 0.3 is 0 Å². The number of aryl methyl sites for hydroxylation is 4. The van der Waals surface area contributed by atoms with Crippen LogP contribution in [0.4, 0.5) is 5.82 Å². The van der Waals surface area contributed by atoms with Crippen LogP contribution in [-0.4, -0.2) is 36.8 Å². The van der Waals surface area contributed by atoms with Crippen LogP contribution in [-0.2, 0) is 30.4 Å². The van der Waals surface area contributed by atoms with Crippen LogP contribution in [0.25, 0.3) is 11.3 Å². The predicted molar refractivity (Wildman–Crippen MR) is 114 cm³/mol.